The second kappa shape index (κ2) is 6.60. The van der Waals surface area contributed by atoms with Gasteiger partial charge in [-0.15, -0.1) is 0 Å². The zero-order valence-corrected chi connectivity index (χ0v) is 12.4. The molecule has 0 aliphatic rings. The smallest absolute Gasteiger partial charge is 0.113 e. The Kier molecular flexibility index (Phi) is 4.17. The summed E-state index contributed by atoms with van der Waals surface area (Å²) in [6.07, 6.45) is 1.75. The molecule has 2 heteroatoms. The predicted molar refractivity (Wildman–Crippen MR) is 91.1 cm³/mol. The Morgan fingerprint density at radius 2 is 1.68 bits per heavy atom. The lowest BCUT2D eigenvalue weighted by atomic mass is 10.2. The summed E-state index contributed by atoms with van der Waals surface area (Å²) in [7, 11) is 0. The van der Waals surface area contributed by atoms with Gasteiger partial charge in [-0.25, -0.2) is 4.98 Å². The molecule has 22 heavy (non-hydrogen) atoms. The van der Waals surface area contributed by atoms with Crippen molar-refractivity contribution in [2.75, 3.05) is 5.32 Å². The van der Waals surface area contributed by atoms with E-state index >= 15 is 0 Å². The summed E-state index contributed by atoms with van der Waals surface area (Å²) in [5.74, 6) is 6.21. The highest BCUT2D eigenvalue weighted by molar-refractivity contribution is 5.62. The fourth-order valence-electron chi connectivity index (χ4n) is 2.05. The summed E-state index contributed by atoms with van der Waals surface area (Å²) < 4.78 is 0. The van der Waals surface area contributed by atoms with E-state index in [0.717, 1.165) is 22.6 Å². The van der Waals surface area contributed by atoms with Crippen LogP contribution in [0.5, 0.6) is 0 Å². The Bertz CT molecular complexity index is 810. The van der Waals surface area contributed by atoms with E-state index in [-0.39, 0.29) is 0 Å². The lowest BCUT2D eigenvalue weighted by Gasteiger charge is -2.07. The van der Waals surface area contributed by atoms with Crippen molar-refractivity contribution in [1.29, 1.82) is 0 Å². The standard InChI is InChI=1S/C20H16N2/c1-16-8-11-19(12-9-16)22-20-7-4-5-17(15-20)10-13-18-6-2-3-14-21-18/h2-9,11-12,14-15,22H,1H3. The average Bonchev–Trinajstić information content (AvgIpc) is 2.57. The van der Waals surface area contributed by atoms with Crippen LogP contribution in [-0.4, -0.2) is 4.98 Å². The van der Waals surface area contributed by atoms with Crippen LogP contribution in [0.25, 0.3) is 0 Å². The van der Waals surface area contributed by atoms with Crippen molar-refractivity contribution in [3.63, 3.8) is 0 Å². The Labute approximate surface area is 130 Å². The molecule has 0 spiro atoms. The SMILES string of the molecule is Cc1ccc(Nc2cccc(C#Cc3ccccn3)c2)cc1. The van der Waals surface area contributed by atoms with Gasteiger partial charge in [0.15, 0.2) is 0 Å². The van der Waals surface area contributed by atoms with Crippen LogP contribution < -0.4 is 5.32 Å². The first kappa shape index (κ1) is 13.9. The number of hydrogen-bond donors (Lipinski definition) is 1. The lowest BCUT2D eigenvalue weighted by Crippen LogP contribution is -1.90. The Morgan fingerprint density at radius 1 is 0.818 bits per heavy atom. The van der Waals surface area contributed by atoms with Gasteiger partial charge in [0, 0.05) is 23.1 Å². The maximum Gasteiger partial charge on any atom is 0.113 e. The van der Waals surface area contributed by atoms with E-state index in [9.17, 15) is 0 Å². The van der Waals surface area contributed by atoms with Gasteiger partial charge >= 0.3 is 0 Å². The molecule has 0 saturated carbocycles. The molecule has 0 saturated heterocycles. The topological polar surface area (TPSA) is 24.9 Å². The summed E-state index contributed by atoms with van der Waals surface area (Å²) in [5, 5.41) is 3.39. The van der Waals surface area contributed by atoms with Gasteiger partial charge in [0.25, 0.3) is 0 Å². The summed E-state index contributed by atoms with van der Waals surface area (Å²) in [4.78, 5) is 4.20. The highest BCUT2D eigenvalue weighted by Gasteiger charge is 1.96. The number of pyridine rings is 1. The molecule has 2 aromatic carbocycles. The van der Waals surface area contributed by atoms with Crippen LogP contribution in [0.15, 0.2) is 72.9 Å². The molecule has 2 nitrogen and oxygen atoms in total. The zero-order valence-electron chi connectivity index (χ0n) is 12.4. The maximum atomic E-state index is 4.20. The quantitative estimate of drug-likeness (QED) is 0.699. The summed E-state index contributed by atoms with van der Waals surface area (Å²) in [6, 6.07) is 22.1. The molecular weight excluding hydrogens is 268 g/mol. The fraction of sp³-hybridized carbons (Fsp3) is 0.0500. The third kappa shape index (κ3) is 3.74. The lowest BCUT2D eigenvalue weighted by molar-refractivity contribution is 1.29. The fourth-order valence-corrected chi connectivity index (χ4v) is 2.05. The molecule has 3 aromatic rings. The molecule has 0 atom stereocenters. The van der Waals surface area contributed by atoms with E-state index in [1.165, 1.54) is 5.56 Å². The van der Waals surface area contributed by atoms with Gasteiger partial charge in [0.1, 0.15) is 5.69 Å². The van der Waals surface area contributed by atoms with Crippen LogP contribution in [0.3, 0.4) is 0 Å². The van der Waals surface area contributed by atoms with E-state index in [2.05, 4.69) is 53.3 Å². The molecule has 0 aliphatic heterocycles. The molecule has 0 bridgehead atoms. The van der Waals surface area contributed by atoms with Crippen LogP contribution in [0, 0.1) is 18.8 Å². The Balaban J connectivity index is 1.78. The molecule has 3 rings (SSSR count). The first-order valence-corrected chi connectivity index (χ1v) is 7.16. The van der Waals surface area contributed by atoms with Crippen LogP contribution in [-0.2, 0) is 0 Å². The third-order valence-corrected chi connectivity index (χ3v) is 3.20. The summed E-state index contributed by atoms with van der Waals surface area (Å²) in [6.45, 7) is 2.08. The van der Waals surface area contributed by atoms with Gasteiger partial charge in [0.2, 0.25) is 0 Å². The van der Waals surface area contributed by atoms with Crippen LogP contribution >= 0.6 is 0 Å². The second-order valence-electron chi connectivity index (χ2n) is 5.04. The molecule has 1 N–H and O–H groups in total. The molecule has 106 valence electrons. The zero-order chi connectivity index (χ0) is 15.2. The molecule has 1 aromatic heterocycles. The molecule has 0 radical (unpaired) electrons. The van der Waals surface area contributed by atoms with Gasteiger partial charge < -0.3 is 5.32 Å². The van der Waals surface area contributed by atoms with Crippen molar-refractivity contribution in [3.05, 3.63) is 89.7 Å². The van der Waals surface area contributed by atoms with E-state index in [4.69, 9.17) is 0 Å². The minimum atomic E-state index is 0.777. The van der Waals surface area contributed by atoms with Crippen LogP contribution in [0.2, 0.25) is 0 Å². The minimum absolute atomic E-state index is 0.777. The first-order chi connectivity index (χ1) is 10.8. The van der Waals surface area contributed by atoms with E-state index in [1.54, 1.807) is 6.20 Å². The van der Waals surface area contributed by atoms with Gasteiger partial charge in [-0.3, -0.25) is 0 Å². The van der Waals surface area contributed by atoms with Gasteiger partial charge in [0.05, 0.1) is 0 Å². The highest BCUT2D eigenvalue weighted by atomic mass is 14.9. The molecule has 1 heterocycles. The molecule has 0 fully saturated rings. The molecule has 0 amide bonds. The Hall–Kier alpha value is -3.05. The van der Waals surface area contributed by atoms with Crippen molar-refractivity contribution in [1.82, 2.24) is 4.98 Å². The number of nitrogens with zero attached hydrogens (tertiary/aromatic N) is 1. The first-order valence-electron chi connectivity index (χ1n) is 7.16. The van der Waals surface area contributed by atoms with E-state index in [1.807, 2.05) is 42.5 Å². The predicted octanol–water partition coefficient (Wildman–Crippen LogP) is 4.53. The molecular formula is C20H16N2. The Morgan fingerprint density at radius 3 is 2.45 bits per heavy atom. The number of benzene rings is 2. The van der Waals surface area contributed by atoms with E-state index in [0.29, 0.717) is 0 Å². The number of hydrogen-bond acceptors (Lipinski definition) is 2. The molecule has 0 unspecified atom stereocenters. The van der Waals surface area contributed by atoms with Crippen molar-refractivity contribution < 1.29 is 0 Å². The number of aromatic nitrogens is 1. The average molecular weight is 284 g/mol. The second-order valence-corrected chi connectivity index (χ2v) is 5.04. The number of anilines is 2. The van der Waals surface area contributed by atoms with Gasteiger partial charge in [-0.05, 0) is 55.3 Å². The minimum Gasteiger partial charge on any atom is -0.355 e. The maximum absolute atomic E-state index is 4.20. The monoisotopic (exact) mass is 284 g/mol. The van der Waals surface area contributed by atoms with Crippen LogP contribution in [0.1, 0.15) is 16.8 Å². The number of rotatable bonds is 2. The van der Waals surface area contributed by atoms with Gasteiger partial charge in [-0.1, -0.05) is 35.7 Å². The van der Waals surface area contributed by atoms with Crippen LogP contribution in [0.4, 0.5) is 11.4 Å². The normalized spacial score (nSPS) is 9.68. The third-order valence-electron chi connectivity index (χ3n) is 3.20. The van der Waals surface area contributed by atoms with Crippen molar-refractivity contribution >= 4 is 11.4 Å². The number of nitrogens with one attached hydrogen (secondary N) is 1. The van der Waals surface area contributed by atoms with Gasteiger partial charge in [-0.2, -0.15) is 0 Å². The van der Waals surface area contributed by atoms with E-state index < -0.39 is 0 Å². The summed E-state index contributed by atoms with van der Waals surface area (Å²) in [5.41, 5.74) is 5.08. The van der Waals surface area contributed by atoms with Crippen molar-refractivity contribution in [2.45, 2.75) is 6.92 Å². The van der Waals surface area contributed by atoms with Crippen molar-refractivity contribution in [2.24, 2.45) is 0 Å². The van der Waals surface area contributed by atoms with Crippen molar-refractivity contribution in [3.8, 4) is 11.8 Å². The summed E-state index contributed by atoms with van der Waals surface area (Å²) >= 11 is 0. The number of aryl methyl sites for hydroxylation is 1. The largest absolute Gasteiger partial charge is 0.355 e. The molecule has 0 aliphatic carbocycles. The highest BCUT2D eigenvalue weighted by Crippen LogP contribution is 2.17.